The third kappa shape index (κ3) is 1.78. The maximum atomic E-state index is 14.4. The van der Waals surface area contributed by atoms with Crippen LogP contribution in [0, 0.1) is 11.6 Å². The number of alkyl halides is 1. The predicted molar refractivity (Wildman–Crippen MR) is 85.4 cm³/mol. The molecule has 2 aromatic carbocycles. The van der Waals surface area contributed by atoms with E-state index in [-0.39, 0.29) is 3.92 Å². The molecule has 0 saturated heterocycles. The number of hydrogen-bond donors (Lipinski definition) is 0. The molecule has 1 atom stereocenters. The average Bonchev–Trinajstić information content (AvgIpc) is 2.94. The van der Waals surface area contributed by atoms with Crippen molar-refractivity contribution in [2.75, 3.05) is 0 Å². The molecule has 0 radical (unpaired) electrons. The van der Waals surface area contributed by atoms with E-state index in [0.717, 1.165) is 16.7 Å². The summed E-state index contributed by atoms with van der Waals surface area (Å²) >= 11 is 2.26. The highest BCUT2D eigenvalue weighted by atomic mass is 127. The zero-order valence-electron chi connectivity index (χ0n) is 10.7. The molecular formula is C17H9F2IO. The van der Waals surface area contributed by atoms with Gasteiger partial charge in [0, 0.05) is 16.7 Å². The smallest absolute Gasteiger partial charge is 0.167 e. The molecule has 21 heavy (non-hydrogen) atoms. The van der Waals surface area contributed by atoms with E-state index in [4.69, 9.17) is 4.42 Å². The van der Waals surface area contributed by atoms with Crippen molar-refractivity contribution in [3.05, 3.63) is 71.5 Å². The minimum absolute atomic E-state index is 0.0634. The summed E-state index contributed by atoms with van der Waals surface area (Å²) in [6, 6.07) is 12.3. The summed E-state index contributed by atoms with van der Waals surface area (Å²) in [4.78, 5) is 0. The normalized spacial score (nSPS) is 15.9. The molecule has 1 aromatic heterocycles. The van der Waals surface area contributed by atoms with E-state index in [1.54, 1.807) is 12.1 Å². The monoisotopic (exact) mass is 394 g/mol. The fourth-order valence-corrected chi connectivity index (χ4v) is 3.92. The Kier molecular flexibility index (Phi) is 2.89. The van der Waals surface area contributed by atoms with E-state index in [9.17, 15) is 8.78 Å². The number of fused-ring (bicyclic) bond motifs is 5. The lowest BCUT2D eigenvalue weighted by Crippen LogP contribution is -1.98. The first-order valence-corrected chi connectivity index (χ1v) is 7.72. The van der Waals surface area contributed by atoms with Crippen LogP contribution in [0.15, 0.2) is 53.1 Å². The van der Waals surface area contributed by atoms with Crippen molar-refractivity contribution in [3.8, 4) is 22.5 Å². The number of rotatable bonds is 0. The molecule has 1 aliphatic rings. The van der Waals surface area contributed by atoms with Gasteiger partial charge >= 0.3 is 0 Å². The molecule has 4 rings (SSSR count). The molecule has 0 bridgehead atoms. The second kappa shape index (κ2) is 4.66. The topological polar surface area (TPSA) is 13.1 Å². The summed E-state index contributed by atoms with van der Waals surface area (Å²) in [5, 5.41) is 0. The first-order valence-electron chi connectivity index (χ1n) is 6.47. The molecule has 0 saturated carbocycles. The van der Waals surface area contributed by atoms with Crippen LogP contribution < -0.4 is 0 Å². The molecule has 3 aromatic rings. The third-order valence-electron chi connectivity index (χ3n) is 3.81. The van der Waals surface area contributed by atoms with E-state index >= 15 is 0 Å². The number of halogens is 3. The molecule has 0 aliphatic heterocycles. The van der Waals surface area contributed by atoms with Crippen LogP contribution in [0.4, 0.5) is 8.78 Å². The van der Waals surface area contributed by atoms with Gasteiger partial charge in [-0.1, -0.05) is 52.9 Å². The molecule has 0 N–H and O–H groups in total. The van der Waals surface area contributed by atoms with E-state index < -0.39 is 11.6 Å². The largest absolute Gasteiger partial charge is 0.464 e. The molecule has 4 heteroatoms. The number of furan rings is 1. The van der Waals surface area contributed by atoms with Crippen molar-refractivity contribution in [1.82, 2.24) is 0 Å². The van der Waals surface area contributed by atoms with Gasteiger partial charge in [0.25, 0.3) is 0 Å². The Morgan fingerprint density at radius 1 is 0.905 bits per heavy atom. The Hall–Kier alpha value is -1.69. The van der Waals surface area contributed by atoms with Crippen LogP contribution in [-0.2, 0) is 0 Å². The number of hydrogen-bond acceptors (Lipinski definition) is 1. The molecule has 1 aliphatic carbocycles. The van der Waals surface area contributed by atoms with Crippen molar-refractivity contribution in [1.29, 1.82) is 0 Å². The lowest BCUT2D eigenvalue weighted by molar-refractivity contribution is 0.510. The van der Waals surface area contributed by atoms with Gasteiger partial charge in [0.2, 0.25) is 0 Å². The average molecular weight is 394 g/mol. The molecule has 0 fully saturated rings. The second-order valence-electron chi connectivity index (χ2n) is 4.94. The Morgan fingerprint density at radius 2 is 1.71 bits per heavy atom. The van der Waals surface area contributed by atoms with E-state index in [0.29, 0.717) is 16.9 Å². The van der Waals surface area contributed by atoms with Crippen LogP contribution in [-0.4, -0.2) is 0 Å². The summed E-state index contributed by atoms with van der Waals surface area (Å²) in [6.07, 6.45) is 1.52. The van der Waals surface area contributed by atoms with Crippen LogP contribution in [0.1, 0.15) is 15.1 Å². The van der Waals surface area contributed by atoms with Crippen molar-refractivity contribution < 1.29 is 13.2 Å². The first kappa shape index (κ1) is 13.0. The lowest BCUT2D eigenvalue weighted by atomic mass is 9.98. The summed E-state index contributed by atoms with van der Waals surface area (Å²) < 4.78 is 33.6. The number of benzene rings is 2. The quantitative estimate of drug-likeness (QED) is 0.351. The molecule has 1 nitrogen and oxygen atoms in total. The van der Waals surface area contributed by atoms with Crippen molar-refractivity contribution in [2.24, 2.45) is 0 Å². The van der Waals surface area contributed by atoms with Gasteiger partial charge in [-0.25, -0.2) is 8.78 Å². The van der Waals surface area contributed by atoms with Gasteiger partial charge in [-0.2, -0.15) is 0 Å². The maximum Gasteiger partial charge on any atom is 0.167 e. The van der Waals surface area contributed by atoms with Crippen LogP contribution in [0.3, 0.4) is 0 Å². The Bertz CT molecular complexity index is 854. The van der Waals surface area contributed by atoms with Crippen LogP contribution in [0.2, 0.25) is 0 Å². The molecule has 0 amide bonds. The lowest BCUT2D eigenvalue weighted by Gasteiger charge is -2.14. The Labute approximate surface area is 133 Å². The summed E-state index contributed by atoms with van der Waals surface area (Å²) in [6.45, 7) is 0. The minimum Gasteiger partial charge on any atom is -0.464 e. The molecule has 104 valence electrons. The van der Waals surface area contributed by atoms with Crippen LogP contribution in [0.25, 0.3) is 22.5 Å². The van der Waals surface area contributed by atoms with Gasteiger partial charge < -0.3 is 4.42 Å². The fraction of sp³-hybridized carbons (Fsp3) is 0.0588. The second-order valence-corrected chi connectivity index (χ2v) is 6.18. The predicted octanol–water partition coefficient (Wildman–Crippen LogP) is 5.73. The zero-order valence-corrected chi connectivity index (χ0v) is 12.9. The van der Waals surface area contributed by atoms with E-state index in [1.807, 2.05) is 24.3 Å². The summed E-state index contributed by atoms with van der Waals surface area (Å²) in [7, 11) is 0. The first-order chi connectivity index (χ1) is 10.2. The third-order valence-corrected chi connectivity index (χ3v) is 5.16. The fourth-order valence-electron chi connectivity index (χ4n) is 2.86. The van der Waals surface area contributed by atoms with Crippen molar-refractivity contribution in [3.63, 3.8) is 0 Å². The van der Waals surface area contributed by atoms with Crippen LogP contribution >= 0.6 is 22.6 Å². The highest BCUT2D eigenvalue weighted by Crippen LogP contribution is 2.49. The van der Waals surface area contributed by atoms with Crippen molar-refractivity contribution in [2.45, 2.75) is 3.92 Å². The molecular weight excluding hydrogens is 385 g/mol. The molecule has 1 unspecified atom stereocenters. The SMILES string of the molecule is Fc1ccc2c(c1F)-c1ccoc1-c1ccccc1C2I. The van der Waals surface area contributed by atoms with Gasteiger partial charge in [0.05, 0.1) is 10.2 Å². The minimum atomic E-state index is -0.838. The highest BCUT2D eigenvalue weighted by Gasteiger charge is 2.30. The molecule has 1 heterocycles. The van der Waals surface area contributed by atoms with Gasteiger partial charge in [-0.3, -0.25) is 0 Å². The Morgan fingerprint density at radius 3 is 2.57 bits per heavy atom. The van der Waals surface area contributed by atoms with Gasteiger partial charge in [-0.15, -0.1) is 0 Å². The van der Waals surface area contributed by atoms with E-state index in [1.165, 1.54) is 12.3 Å². The molecule has 0 spiro atoms. The van der Waals surface area contributed by atoms with Crippen LogP contribution in [0.5, 0.6) is 0 Å². The highest BCUT2D eigenvalue weighted by molar-refractivity contribution is 14.1. The standard InChI is InChI=1S/C17H9F2IO/c18-13-6-5-11-14(15(13)19)12-7-8-21-17(12)10-4-2-1-3-9(10)16(11)20/h1-8,16H. The maximum absolute atomic E-state index is 14.4. The van der Waals surface area contributed by atoms with Crippen molar-refractivity contribution >= 4 is 22.6 Å². The zero-order chi connectivity index (χ0) is 14.6. The summed E-state index contributed by atoms with van der Waals surface area (Å²) in [5.74, 6) is -1.06. The van der Waals surface area contributed by atoms with E-state index in [2.05, 4.69) is 22.6 Å². The van der Waals surface area contributed by atoms with Gasteiger partial charge in [0.15, 0.2) is 11.6 Å². The van der Waals surface area contributed by atoms with Gasteiger partial charge in [-0.05, 0) is 23.3 Å². The van der Waals surface area contributed by atoms with Gasteiger partial charge in [0.1, 0.15) is 5.76 Å². The Balaban J connectivity index is 2.17. The summed E-state index contributed by atoms with van der Waals surface area (Å²) in [5.41, 5.74) is 3.64.